The van der Waals surface area contributed by atoms with Crippen molar-refractivity contribution in [3.05, 3.63) is 75.8 Å². The predicted molar refractivity (Wildman–Crippen MR) is 96.3 cm³/mol. The van der Waals surface area contributed by atoms with Crippen LogP contribution in [0.25, 0.3) is 5.65 Å². The molecule has 2 heterocycles. The number of aromatic nitrogens is 2. The lowest BCUT2D eigenvalue weighted by molar-refractivity contribution is 0.865. The molecule has 0 aliphatic heterocycles. The molecule has 3 aromatic rings. The lowest BCUT2D eigenvalue weighted by atomic mass is 10.0. The molecule has 0 aliphatic carbocycles. The molecule has 0 unspecified atom stereocenters. The van der Waals surface area contributed by atoms with Crippen molar-refractivity contribution < 1.29 is 0 Å². The summed E-state index contributed by atoms with van der Waals surface area (Å²) in [4.78, 5) is 18.0. The fraction of sp³-hybridized carbons (Fsp3) is 0.263. The van der Waals surface area contributed by atoms with Gasteiger partial charge in [0.1, 0.15) is 5.65 Å². The first-order chi connectivity index (χ1) is 11.0. The lowest BCUT2D eigenvalue weighted by Crippen LogP contribution is -2.15. The van der Waals surface area contributed by atoms with Gasteiger partial charge in [-0.15, -0.1) is 11.8 Å². The SMILES string of the molecule is Cc1cccn2c(=O)cc(CSc3ccc(C(C)C)cc3)nc12. The average Bonchev–Trinajstić information content (AvgIpc) is 2.54. The number of hydrogen-bond donors (Lipinski definition) is 0. The third-order valence-electron chi connectivity index (χ3n) is 3.87. The smallest absolute Gasteiger partial charge is 0.258 e. The summed E-state index contributed by atoms with van der Waals surface area (Å²) >= 11 is 1.71. The van der Waals surface area contributed by atoms with Crippen LogP contribution in [0.3, 0.4) is 0 Å². The number of thioether (sulfide) groups is 1. The Hall–Kier alpha value is -2.07. The van der Waals surface area contributed by atoms with Crippen LogP contribution in [0.2, 0.25) is 0 Å². The van der Waals surface area contributed by atoms with Crippen molar-refractivity contribution in [2.24, 2.45) is 0 Å². The molecule has 0 N–H and O–H groups in total. The van der Waals surface area contributed by atoms with Gasteiger partial charge in [-0.2, -0.15) is 0 Å². The first-order valence-corrected chi connectivity index (χ1v) is 8.74. The Bertz CT molecular complexity index is 882. The lowest BCUT2D eigenvalue weighted by Gasteiger charge is -2.08. The third kappa shape index (κ3) is 3.48. The van der Waals surface area contributed by atoms with E-state index in [1.54, 1.807) is 28.4 Å². The number of hydrogen-bond acceptors (Lipinski definition) is 3. The van der Waals surface area contributed by atoms with Crippen molar-refractivity contribution in [1.29, 1.82) is 0 Å². The number of aryl methyl sites for hydroxylation is 1. The molecule has 0 spiro atoms. The molecule has 2 aromatic heterocycles. The fourth-order valence-corrected chi connectivity index (χ4v) is 3.28. The van der Waals surface area contributed by atoms with Gasteiger partial charge in [-0.3, -0.25) is 9.20 Å². The highest BCUT2D eigenvalue weighted by Crippen LogP contribution is 2.24. The molecule has 3 rings (SSSR count). The standard InChI is InChI=1S/C19H20N2OS/c1-13(2)15-6-8-17(9-7-15)23-12-16-11-18(22)21-10-4-5-14(3)19(21)20-16/h4-11,13H,12H2,1-3H3. The van der Waals surface area contributed by atoms with Gasteiger partial charge in [0, 0.05) is 22.9 Å². The molecule has 1 aromatic carbocycles. The second kappa shape index (κ2) is 6.59. The predicted octanol–water partition coefficient (Wildman–Crippen LogP) is 4.42. The van der Waals surface area contributed by atoms with Crippen LogP contribution in [0.1, 0.15) is 36.6 Å². The summed E-state index contributed by atoms with van der Waals surface area (Å²) in [5.74, 6) is 1.24. The van der Waals surface area contributed by atoms with E-state index in [2.05, 4.69) is 43.1 Å². The molecule has 23 heavy (non-hydrogen) atoms. The van der Waals surface area contributed by atoms with Crippen LogP contribution < -0.4 is 5.56 Å². The van der Waals surface area contributed by atoms with Crippen molar-refractivity contribution in [2.75, 3.05) is 0 Å². The summed E-state index contributed by atoms with van der Waals surface area (Å²) in [6.45, 7) is 6.36. The van der Waals surface area contributed by atoms with Gasteiger partial charge in [0.05, 0.1) is 5.69 Å². The molecule has 0 fully saturated rings. The number of fused-ring (bicyclic) bond motifs is 1. The van der Waals surface area contributed by atoms with E-state index in [1.807, 2.05) is 19.1 Å². The second-order valence-electron chi connectivity index (χ2n) is 5.98. The highest BCUT2D eigenvalue weighted by Gasteiger charge is 2.06. The first-order valence-electron chi connectivity index (χ1n) is 7.75. The van der Waals surface area contributed by atoms with Crippen LogP contribution in [-0.2, 0) is 5.75 Å². The van der Waals surface area contributed by atoms with Gasteiger partial charge in [0.25, 0.3) is 5.56 Å². The van der Waals surface area contributed by atoms with E-state index in [0.29, 0.717) is 11.7 Å². The fourth-order valence-electron chi connectivity index (χ4n) is 2.49. The van der Waals surface area contributed by atoms with Gasteiger partial charge >= 0.3 is 0 Å². The minimum atomic E-state index is -0.0237. The maximum atomic E-state index is 12.2. The van der Waals surface area contributed by atoms with Crippen LogP contribution in [-0.4, -0.2) is 9.38 Å². The molecule has 118 valence electrons. The Morgan fingerprint density at radius 1 is 1.17 bits per heavy atom. The molecule has 0 saturated carbocycles. The molecule has 0 bridgehead atoms. The summed E-state index contributed by atoms with van der Waals surface area (Å²) in [7, 11) is 0. The first kappa shape index (κ1) is 15.8. The summed E-state index contributed by atoms with van der Waals surface area (Å²) in [6.07, 6.45) is 1.76. The maximum Gasteiger partial charge on any atom is 0.258 e. The summed E-state index contributed by atoms with van der Waals surface area (Å²) < 4.78 is 1.60. The summed E-state index contributed by atoms with van der Waals surface area (Å²) in [6, 6.07) is 14.1. The monoisotopic (exact) mass is 324 g/mol. The number of nitrogens with zero attached hydrogens (tertiary/aromatic N) is 2. The second-order valence-corrected chi connectivity index (χ2v) is 7.03. The largest absolute Gasteiger partial charge is 0.269 e. The Morgan fingerprint density at radius 2 is 1.91 bits per heavy atom. The molecular formula is C19H20N2OS. The van der Waals surface area contributed by atoms with Gasteiger partial charge in [-0.1, -0.05) is 32.0 Å². The van der Waals surface area contributed by atoms with E-state index < -0.39 is 0 Å². The Labute approximate surface area is 140 Å². The van der Waals surface area contributed by atoms with Crippen molar-refractivity contribution >= 4 is 17.4 Å². The van der Waals surface area contributed by atoms with Crippen molar-refractivity contribution in [3.8, 4) is 0 Å². The van der Waals surface area contributed by atoms with Crippen LogP contribution in [0.15, 0.2) is 58.4 Å². The van der Waals surface area contributed by atoms with Crippen LogP contribution in [0.4, 0.5) is 0 Å². The van der Waals surface area contributed by atoms with Crippen LogP contribution in [0, 0.1) is 6.92 Å². The van der Waals surface area contributed by atoms with E-state index >= 15 is 0 Å². The molecule has 0 aliphatic rings. The van der Waals surface area contributed by atoms with Crippen LogP contribution >= 0.6 is 11.8 Å². The van der Waals surface area contributed by atoms with Crippen molar-refractivity contribution in [3.63, 3.8) is 0 Å². The number of rotatable bonds is 4. The Kier molecular flexibility index (Phi) is 4.53. The van der Waals surface area contributed by atoms with Crippen LogP contribution in [0.5, 0.6) is 0 Å². The average molecular weight is 324 g/mol. The zero-order chi connectivity index (χ0) is 16.4. The topological polar surface area (TPSA) is 34.4 Å². The van der Waals surface area contributed by atoms with Gasteiger partial charge in [0.2, 0.25) is 0 Å². The van der Waals surface area contributed by atoms with Crippen molar-refractivity contribution in [2.45, 2.75) is 37.3 Å². The van der Waals surface area contributed by atoms with E-state index in [9.17, 15) is 4.79 Å². The molecule has 3 nitrogen and oxygen atoms in total. The molecule has 4 heteroatoms. The van der Waals surface area contributed by atoms with E-state index in [4.69, 9.17) is 0 Å². The van der Waals surface area contributed by atoms with E-state index in [0.717, 1.165) is 16.9 Å². The normalized spacial score (nSPS) is 11.3. The van der Waals surface area contributed by atoms with Gasteiger partial charge in [-0.05, 0) is 42.2 Å². The van der Waals surface area contributed by atoms with E-state index in [-0.39, 0.29) is 5.56 Å². The zero-order valence-corrected chi connectivity index (χ0v) is 14.4. The number of pyridine rings is 1. The van der Waals surface area contributed by atoms with Gasteiger partial charge in [0.15, 0.2) is 0 Å². The Balaban J connectivity index is 1.82. The minimum absolute atomic E-state index is 0.0237. The maximum absolute atomic E-state index is 12.2. The van der Waals surface area contributed by atoms with Crippen molar-refractivity contribution in [1.82, 2.24) is 9.38 Å². The highest BCUT2D eigenvalue weighted by molar-refractivity contribution is 7.98. The van der Waals surface area contributed by atoms with Gasteiger partial charge in [-0.25, -0.2) is 4.98 Å². The minimum Gasteiger partial charge on any atom is -0.269 e. The zero-order valence-electron chi connectivity index (χ0n) is 13.6. The quantitative estimate of drug-likeness (QED) is 0.666. The molecular weight excluding hydrogens is 304 g/mol. The van der Waals surface area contributed by atoms with Gasteiger partial charge < -0.3 is 0 Å². The Morgan fingerprint density at radius 3 is 2.61 bits per heavy atom. The summed E-state index contributed by atoms with van der Waals surface area (Å²) in [5.41, 5.74) is 3.89. The van der Waals surface area contributed by atoms with E-state index in [1.165, 1.54) is 10.5 Å². The molecule has 0 atom stereocenters. The summed E-state index contributed by atoms with van der Waals surface area (Å²) in [5, 5.41) is 0. The molecule has 0 amide bonds. The molecule has 0 saturated heterocycles. The highest BCUT2D eigenvalue weighted by atomic mass is 32.2. The molecule has 0 radical (unpaired) electrons. The third-order valence-corrected chi connectivity index (χ3v) is 4.92. The number of benzene rings is 1.